The van der Waals surface area contributed by atoms with Gasteiger partial charge in [-0.15, -0.1) is 0 Å². The quantitative estimate of drug-likeness (QED) is 0.676. The van der Waals surface area contributed by atoms with Crippen LogP contribution in [0.3, 0.4) is 0 Å². The Hall–Kier alpha value is -2.07. The first-order chi connectivity index (χ1) is 11.7. The maximum atomic E-state index is 14.4. The van der Waals surface area contributed by atoms with E-state index in [2.05, 4.69) is 0 Å². The standard InChI is InChI=1S/C20H21ClFNO2/c1-20(2,3)25-19(24)23-10-9-13-5-4-6-15(17(13)12-23)16-8-7-14(21)11-18(16)22/h4-8,11H,9-10,12H2,1-3H3. The van der Waals surface area contributed by atoms with Gasteiger partial charge >= 0.3 is 6.09 Å². The van der Waals surface area contributed by atoms with Crippen molar-refractivity contribution in [3.05, 3.63) is 58.4 Å². The van der Waals surface area contributed by atoms with E-state index >= 15 is 0 Å². The van der Waals surface area contributed by atoms with Crippen molar-refractivity contribution in [3.63, 3.8) is 0 Å². The van der Waals surface area contributed by atoms with E-state index in [1.807, 2.05) is 39.0 Å². The molecule has 0 N–H and O–H groups in total. The number of rotatable bonds is 1. The van der Waals surface area contributed by atoms with E-state index in [0.29, 0.717) is 23.7 Å². The summed E-state index contributed by atoms with van der Waals surface area (Å²) in [7, 11) is 0. The van der Waals surface area contributed by atoms with Gasteiger partial charge in [0.05, 0.1) is 0 Å². The maximum Gasteiger partial charge on any atom is 0.410 e. The van der Waals surface area contributed by atoms with E-state index in [9.17, 15) is 9.18 Å². The summed E-state index contributed by atoms with van der Waals surface area (Å²) >= 11 is 5.86. The first kappa shape index (κ1) is 17.7. The van der Waals surface area contributed by atoms with Gasteiger partial charge in [-0.2, -0.15) is 0 Å². The second-order valence-electron chi connectivity index (χ2n) is 7.22. The van der Waals surface area contributed by atoms with Gasteiger partial charge in [0.15, 0.2) is 0 Å². The average molecular weight is 362 g/mol. The number of benzene rings is 2. The van der Waals surface area contributed by atoms with Crippen LogP contribution in [-0.2, 0) is 17.7 Å². The number of halogens is 2. The van der Waals surface area contributed by atoms with Crippen LogP contribution in [0.4, 0.5) is 9.18 Å². The molecule has 0 spiro atoms. The molecule has 1 amide bonds. The fourth-order valence-corrected chi connectivity index (χ4v) is 3.18. The van der Waals surface area contributed by atoms with Gasteiger partial charge in [-0.05, 0) is 62.1 Å². The molecule has 0 saturated heterocycles. The summed E-state index contributed by atoms with van der Waals surface area (Å²) in [6, 6.07) is 10.5. The molecule has 0 bridgehead atoms. The highest BCUT2D eigenvalue weighted by atomic mass is 35.5. The van der Waals surface area contributed by atoms with Gasteiger partial charge in [-0.25, -0.2) is 9.18 Å². The number of ether oxygens (including phenoxy) is 1. The third-order valence-electron chi connectivity index (χ3n) is 4.15. The molecule has 0 unspecified atom stereocenters. The summed E-state index contributed by atoms with van der Waals surface area (Å²) in [5.74, 6) is -0.365. The van der Waals surface area contributed by atoms with Crippen molar-refractivity contribution in [1.82, 2.24) is 4.90 Å². The molecule has 1 aliphatic rings. The Morgan fingerprint density at radius 2 is 1.96 bits per heavy atom. The Kier molecular flexibility index (Phi) is 4.74. The molecular formula is C20H21ClFNO2. The van der Waals surface area contributed by atoms with Crippen molar-refractivity contribution in [1.29, 1.82) is 0 Å². The summed E-state index contributed by atoms with van der Waals surface area (Å²) in [6.45, 7) is 6.53. The van der Waals surface area contributed by atoms with Crippen molar-refractivity contribution in [3.8, 4) is 11.1 Å². The minimum absolute atomic E-state index is 0.343. The van der Waals surface area contributed by atoms with Crippen molar-refractivity contribution >= 4 is 17.7 Å². The summed E-state index contributed by atoms with van der Waals surface area (Å²) in [5, 5.41) is 0.362. The fraction of sp³-hybridized carbons (Fsp3) is 0.350. The number of nitrogens with zero attached hydrogens (tertiary/aromatic N) is 1. The monoisotopic (exact) mass is 361 g/mol. The van der Waals surface area contributed by atoms with E-state index in [0.717, 1.165) is 23.1 Å². The minimum Gasteiger partial charge on any atom is -0.444 e. The zero-order valence-corrected chi connectivity index (χ0v) is 15.4. The third-order valence-corrected chi connectivity index (χ3v) is 4.38. The molecule has 3 nitrogen and oxygen atoms in total. The normalized spacial score (nSPS) is 14.2. The molecule has 0 aliphatic carbocycles. The van der Waals surface area contributed by atoms with Crippen molar-refractivity contribution in [2.45, 2.75) is 39.3 Å². The predicted molar refractivity (Wildman–Crippen MR) is 97.2 cm³/mol. The number of fused-ring (bicyclic) bond motifs is 1. The molecule has 3 rings (SSSR count). The Labute approximate surface area is 152 Å². The number of amides is 1. The molecule has 1 heterocycles. The number of hydrogen-bond donors (Lipinski definition) is 0. The van der Waals surface area contributed by atoms with Crippen molar-refractivity contribution in [2.75, 3.05) is 6.54 Å². The maximum absolute atomic E-state index is 14.4. The number of carbonyl (C=O) groups excluding carboxylic acids is 1. The lowest BCUT2D eigenvalue weighted by Crippen LogP contribution is -2.40. The largest absolute Gasteiger partial charge is 0.444 e. The Morgan fingerprint density at radius 3 is 2.64 bits per heavy atom. The Balaban J connectivity index is 1.95. The van der Waals surface area contributed by atoms with Crippen LogP contribution < -0.4 is 0 Å². The Bertz CT molecular complexity index is 814. The molecule has 2 aromatic carbocycles. The van der Waals surface area contributed by atoms with Gasteiger partial charge in [0.1, 0.15) is 11.4 Å². The van der Waals surface area contributed by atoms with E-state index in [1.54, 1.807) is 17.0 Å². The highest BCUT2D eigenvalue weighted by Gasteiger charge is 2.27. The Morgan fingerprint density at radius 1 is 1.20 bits per heavy atom. The van der Waals surface area contributed by atoms with Crippen LogP contribution in [0, 0.1) is 5.82 Å². The zero-order valence-electron chi connectivity index (χ0n) is 14.6. The topological polar surface area (TPSA) is 29.5 Å². The van der Waals surface area contributed by atoms with E-state index in [1.165, 1.54) is 6.07 Å². The lowest BCUT2D eigenvalue weighted by atomic mass is 9.91. The van der Waals surface area contributed by atoms with Gasteiger partial charge in [0, 0.05) is 23.7 Å². The van der Waals surface area contributed by atoms with Crippen molar-refractivity contribution < 1.29 is 13.9 Å². The first-order valence-electron chi connectivity index (χ1n) is 8.29. The van der Waals surface area contributed by atoms with Crippen LogP contribution in [0.1, 0.15) is 31.9 Å². The molecule has 1 aliphatic heterocycles. The smallest absolute Gasteiger partial charge is 0.410 e. The second kappa shape index (κ2) is 6.68. The predicted octanol–water partition coefficient (Wildman–Crippen LogP) is 5.44. The van der Waals surface area contributed by atoms with Gasteiger partial charge < -0.3 is 9.64 Å². The van der Waals surface area contributed by atoms with E-state index < -0.39 is 5.60 Å². The number of carbonyl (C=O) groups is 1. The second-order valence-corrected chi connectivity index (χ2v) is 7.66. The third kappa shape index (κ3) is 3.96. The lowest BCUT2D eigenvalue weighted by molar-refractivity contribution is 0.0224. The molecule has 25 heavy (non-hydrogen) atoms. The highest BCUT2D eigenvalue weighted by molar-refractivity contribution is 6.30. The summed E-state index contributed by atoms with van der Waals surface area (Å²) < 4.78 is 19.9. The lowest BCUT2D eigenvalue weighted by Gasteiger charge is -2.32. The molecule has 5 heteroatoms. The molecule has 2 aromatic rings. The van der Waals surface area contributed by atoms with Gasteiger partial charge in [0.2, 0.25) is 0 Å². The fourth-order valence-electron chi connectivity index (χ4n) is 3.02. The highest BCUT2D eigenvalue weighted by Crippen LogP contribution is 2.33. The van der Waals surface area contributed by atoms with Crippen LogP contribution in [0.2, 0.25) is 5.02 Å². The van der Waals surface area contributed by atoms with Crippen LogP contribution in [0.15, 0.2) is 36.4 Å². The summed E-state index contributed by atoms with van der Waals surface area (Å²) in [4.78, 5) is 14.1. The van der Waals surface area contributed by atoms with Gasteiger partial charge in [0.25, 0.3) is 0 Å². The molecule has 0 fully saturated rings. The minimum atomic E-state index is -0.542. The zero-order chi connectivity index (χ0) is 18.2. The van der Waals surface area contributed by atoms with Crippen molar-refractivity contribution in [2.24, 2.45) is 0 Å². The van der Waals surface area contributed by atoms with E-state index in [-0.39, 0.29) is 11.9 Å². The van der Waals surface area contributed by atoms with Crippen LogP contribution in [-0.4, -0.2) is 23.1 Å². The van der Waals surface area contributed by atoms with E-state index in [4.69, 9.17) is 16.3 Å². The number of hydrogen-bond acceptors (Lipinski definition) is 2. The van der Waals surface area contributed by atoms with Gasteiger partial charge in [-0.1, -0.05) is 29.8 Å². The molecule has 0 atom stereocenters. The first-order valence-corrected chi connectivity index (χ1v) is 8.66. The van der Waals surface area contributed by atoms with Crippen LogP contribution in [0.5, 0.6) is 0 Å². The molecule has 132 valence electrons. The SMILES string of the molecule is CC(C)(C)OC(=O)N1CCc2cccc(-c3ccc(Cl)cc3F)c2C1. The molecule has 0 radical (unpaired) electrons. The molecule has 0 saturated carbocycles. The summed E-state index contributed by atoms with van der Waals surface area (Å²) in [5.41, 5.74) is 2.83. The molecule has 0 aromatic heterocycles. The van der Waals surface area contributed by atoms with Crippen LogP contribution in [0.25, 0.3) is 11.1 Å². The van der Waals surface area contributed by atoms with Crippen LogP contribution >= 0.6 is 11.6 Å². The average Bonchev–Trinajstić information content (AvgIpc) is 2.52. The summed E-state index contributed by atoms with van der Waals surface area (Å²) in [6.07, 6.45) is 0.377. The van der Waals surface area contributed by atoms with Gasteiger partial charge in [-0.3, -0.25) is 0 Å². The molecular weight excluding hydrogens is 341 g/mol.